The van der Waals surface area contributed by atoms with Crippen molar-refractivity contribution in [2.45, 2.75) is 58.1 Å². The fraction of sp³-hybridized carbons (Fsp3) is 1.00. The molecule has 0 aromatic rings. The highest BCUT2D eigenvalue weighted by atomic mass is 16.5. The van der Waals surface area contributed by atoms with E-state index < -0.39 is 0 Å². The fourth-order valence-corrected chi connectivity index (χ4v) is 2.13. The molecule has 0 saturated heterocycles. The number of rotatable bonds is 5. The molecule has 0 radical (unpaired) electrons. The minimum Gasteiger partial charge on any atom is -0.377 e. The second kappa shape index (κ2) is 6.41. The van der Waals surface area contributed by atoms with Gasteiger partial charge in [-0.2, -0.15) is 0 Å². The average molecular weight is 199 g/mol. The van der Waals surface area contributed by atoms with E-state index in [1.807, 2.05) is 7.05 Å². The first kappa shape index (κ1) is 12.0. The van der Waals surface area contributed by atoms with Crippen molar-refractivity contribution in [3.63, 3.8) is 0 Å². The zero-order valence-corrected chi connectivity index (χ0v) is 9.88. The quantitative estimate of drug-likeness (QED) is 0.735. The maximum atomic E-state index is 5.91. The van der Waals surface area contributed by atoms with Gasteiger partial charge in [-0.25, -0.2) is 0 Å². The number of nitrogens with one attached hydrogen (secondary N) is 1. The molecule has 1 N–H and O–H groups in total. The Hall–Kier alpha value is -0.0800. The van der Waals surface area contributed by atoms with Gasteiger partial charge in [0.25, 0.3) is 0 Å². The summed E-state index contributed by atoms with van der Waals surface area (Å²) in [5.41, 5.74) is 0. The molecule has 1 rings (SSSR count). The maximum absolute atomic E-state index is 5.91. The summed E-state index contributed by atoms with van der Waals surface area (Å²) in [7, 11) is 1.99. The molecule has 0 aliphatic heterocycles. The molecule has 0 bridgehead atoms. The predicted molar refractivity (Wildman–Crippen MR) is 60.5 cm³/mol. The van der Waals surface area contributed by atoms with Crippen LogP contribution in [-0.2, 0) is 4.74 Å². The Labute approximate surface area is 88.4 Å². The standard InChI is InChI=1S/C12H25NO/c1-4-11-6-5-7-12(8-11)14-9-10(2)13-3/h10-13H,4-9H2,1-3H3. The lowest BCUT2D eigenvalue weighted by atomic mass is 9.85. The molecule has 3 atom stereocenters. The van der Waals surface area contributed by atoms with E-state index in [4.69, 9.17) is 4.74 Å². The Kier molecular flexibility index (Phi) is 5.49. The number of ether oxygens (including phenoxy) is 1. The zero-order valence-electron chi connectivity index (χ0n) is 9.88. The van der Waals surface area contributed by atoms with Crippen molar-refractivity contribution in [1.29, 1.82) is 0 Å². The van der Waals surface area contributed by atoms with Gasteiger partial charge in [0.15, 0.2) is 0 Å². The minimum absolute atomic E-state index is 0.483. The Bertz CT molecular complexity index is 149. The summed E-state index contributed by atoms with van der Waals surface area (Å²) in [6.45, 7) is 5.32. The SMILES string of the molecule is CCC1CCCC(OCC(C)NC)C1. The van der Waals surface area contributed by atoms with Crippen LogP contribution >= 0.6 is 0 Å². The highest BCUT2D eigenvalue weighted by Gasteiger charge is 2.21. The monoisotopic (exact) mass is 199 g/mol. The van der Waals surface area contributed by atoms with Gasteiger partial charge >= 0.3 is 0 Å². The Balaban J connectivity index is 2.17. The van der Waals surface area contributed by atoms with Crippen molar-refractivity contribution in [3.8, 4) is 0 Å². The van der Waals surface area contributed by atoms with Crippen LogP contribution in [0.25, 0.3) is 0 Å². The van der Waals surface area contributed by atoms with Crippen LogP contribution in [0, 0.1) is 5.92 Å². The lowest BCUT2D eigenvalue weighted by Crippen LogP contribution is -2.31. The van der Waals surface area contributed by atoms with Gasteiger partial charge in [-0.3, -0.25) is 0 Å². The van der Waals surface area contributed by atoms with Gasteiger partial charge in [0.05, 0.1) is 12.7 Å². The summed E-state index contributed by atoms with van der Waals surface area (Å²) < 4.78 is 5.91. The first-order valence-corrected chi connectivity index (χ1v) is 6.05. The summed E-state index contributed by atoms with van der Waals surface area (Å²) in [5, 5.41) is 3.20. The van der Waals surface area contributed by atoms with Gasteiger partial charge in [0.2, 0.25) is 0 Å². The topological polar surface area (TPSA) is 21.3 Å². The molecule has 0 aromatic carbocycles. The van der Waals surface area contributed by atoms with E-state index >= 15 is 0 Å². The molecule has 1 aliphatic carbocycles. The molecule has 0 heterocycles. The van der Waals surface area contributed by atoms with Crippen molar-refractivity contribution in [1.82, 2.24) is 5.32 Å². The first-order chi connectivity index (χ1) is 6.76. The van der Waals surface area contributed by atoms with Gasteiger partial charge < -0.3 is 10.1 Å². The van der Waals surface area contributed by atoms with Gasteiger partial charge in [-0.1, -0.05) is 26.2 Å². The van der Waals surface area contributed by atoms with Crippen molar-refractivity contribution < 1.29 is 4.74 Å². The lowest BCUT2D eigenvalue weighted by molar-refractivity contribution is 0.00447. The van der Waals surface area contributed by atoms with Gasteiger partial charge in [-0.05, 0) is 32.7 Å². The van der Waals surface area contributed by atoms with Crippen LogP contribution in [0.5, 0.6) is 0 Å². The molecule has 2 nitrogen and oxygen atoms in total. The Morgan fingerprint density at radius 2 is 2.21 bits per heavy atom. The summed E-state index contributed by atoms with van der Waals surface area (Å²) >= 11 is 0. The van der Waals surface area contributed by atoms with E-state index in [-0.39, 0.29) is 0 Å². The smallest absolute Gasteiger partial charge is 0.0620 e. The lowest BCUT2D eigenvalue weighted by Gasteiger charge is -2.29. The summed E-state index contributed by atoms with van der Waals surface area (Å²) in [6, 6.07) is 0.483. The number of hydrogen-bond donors (Lipinski definition) is 1. The summed E-state index contributed by atoms with van der Waals surface area (Å²) in [5.74, 6) is 0.915. The summed E-state index contributed by atoms with van der Waals surface area (Å²) in [6.07, 6.45) is 7.18. The Morgan fingerprint density at radius 3 is 2.86 bits per heavy atom. The van der Waals surface area contributed by atoms with Crippen molar-refractivity contribution >= 4 is 0 Å². The molecule has 1 saturated carbocycles. The third-order valence-electron chi connectivity index (χ3n) is 3.39. The summed E-state index contributed by atoms with van der Waals surface area (Å²) in [4.78, 5) is 0. The Morgan fingerprint density at radius 1 is 1.43 bits per heavy atom. The molecule has 2 heteroatoms. The van der Waals surface area contributed by atoms with E-state index in [9.17, 15) is 0 Å². The van der Waals surface area contributed by atoms with Crippen LogP contribution in [0.1, 0.15) is 46.0 Å². The molecule has 0 amide bonds. The number of hydrogen-bond acceptors (Lipinski definition) is 2. The van der Waals surface area contributed by atoms with Crippen molar-refractivity contribution in [3.05, 3.63) is 0 Å². The molecular formula is C12H25NO. The normalized spacial score (nSPS) is 30.2. The fourth-order valence-electron chi connectivity index (χ4n) is 2.13. The largest absolute Gasteiger partial charge is 0.377 e. The highest BCUT2D eigenvalue weighted by molar-refractivity contribution is 4.73. The van der Waals surface area contributed by atoms with Crippen LogP contribution in [0.4, 0.5) is 0 Å². The van der Waals surface area contributed by atoms with Crippen molar-refractivity contribution in [2.24, 2.45) is 5.92 Å². The molecule has 14 heavy (non-hydrogen) atoms. The van der Waals surface area contributed by atoms with E-state index in [0.29, 0.717) is 12.1 Å². The van der Waals surface area contributed by atoms with Crippen LogP contribution < -0.4 is 5.32 Å². The zero-order chi connectivity index (χ0) is 10.4. The van der Waals surface area contributed by atoms with Gasteiger partial charge in [0.1, 0.15) is 0 Å². The first-order valence-electron chi connectivity index (χ1n) is 6.05. The van der Waals surface area contributed by atoms with Gasteiger partial charge in [-0.15, -0.1) is 0 Å². The number of likely N-dealkylation sites (N-methyl/N-ethyl adjacent to an activating group) is 1. The molecule has 3 unspecified atom stereocenters. The van der Waals surface area contributed by atoms with E-state index in [1.54, 1.807) is 0 Å². The second-order valence-electron chi connectivity index (χ2n) is 4.59. The second-order valence-corrected chi connectivity index (χ2v) is 4.59. The molecule has 1 aliphatic rings. The highest BCUT2D eigenvalue weighted by Crippen LogP contribution is 2.28. The maximum Gasteiger partial charge on any atom is 0.0620 e. The molecule has 1 fully saturated rings. The van der Waals surface area contributed by atoms with Gasteiger partial charge in [0, 0.05) is 6.04 Å². The van der Waals surface area contributed by atoms with E-state index in [2.05, 4.69) is 19.2 Å². The molecule has 0 spiro atoms. The van der Waals surface area contributed by atoms with E-state index in [0.717, 1.165) is 12.5 Å². The third-order valence-corrected chi connectivity index (χ3v) is 3.39. The molecule has 84 valence electrons. The molecule has 0 aromatic heterocycles. The van der Waals surface area contributed by atoms with Crippen LogP contribution in [0.3, 0.4) is 0 Å². The van der Waals surface area contributed by atoms with E-state index in [1.165, 1.54) is 32.1 Å². The van der Waals surface area contributed by atoms with Crippen LogP contribution in [-0.4, -0.2) is 25.8 Å². The minimum atomic E-state index is 0.483. The molecular weight excluding hydrogens is 174 g/mol. The van der Waals surface area contributed by atoms with Crippen molar-refractivity contribution in [2.75, 3.05) is 13.7 Å². The predicted octanol–water partition coefficient (Wildman–Crippen LogP) is 2.58. The average Bonchev–Trinajstić information content (AvgIpc) is 2.26. The third kappa shape index (κ3) is 3.97. The van der Waals surface area contributed by atoms with Crippen LogP contribution in [0.2, 0.25) is 0 Å². The van der Waals surface area contributed by atoms with Crippen LogP contribution in [0.15, 0.2) is 0 Å².